The Morgan fingerprint density at radius 2 is 1.78 bits per heavy atom. The second kappa shape index (κ2) is 9.46. The number of hydrogen-bond donors (Lipinski definition) is 1. The number of para-hydroxylation sites is 1. The highest BCUT2D eigenvalue weighted by molar-refractivity contribution is 8.00. The van der Waals surface area contributed by atoms with Gasteiger partial charge in [-0.25, -0.2) is 9.97 Å². The summed E-state index contributed by atoms with van der Waals surface area (Å²) in [6, 6.07) is 16.2. The number of fused-ring (bicyclic) bond motifs is 1. The summed E-state index contributed by atoms with van der Waals surface area (Å²) in [5, 5.41) is 4.94. The summed E-state index contributed by atoms with van der Waals surface area (Å²) in [7, 11) is 0. The van der Waals surface area contributed by atoms with Crippen molar-refractivity contribution in [3.8, 4) is 0 Å². The fourth-order valence-corrected chi connectivity index (χ4v) is 4.93. The smallest absolute Gasteiger partial charge is 0.234 e. The van der Waals surface area contributed by atoms with Crippen molar-refractivity contribution < 1.29 is 4.79 Å². The molecular weight excluding hydrogens is 418 g/mol. The maximum Gasteiger partial charge on any atom is 0.234 e. The summed E-state index contributed by atoms with van der Waals surface area (Å²) in [5.74, 6) is 1.71. The van der Waals surface area contributed by atoms with E-state index in [1.54, 1.807) is 0 Å². The molecule has 0 spiro atoms. The molecule has 1 aliphatic carbocycles. The molecule has 0 bridgehead atoms. The molecule has 1 amide bonds. The number of nitrogens with zero attached hydrogens (tertiary/aromatic N) is 4. The Balaban J connectivity index is 1.19. The van der Waals surface area contributed by atoms with Crippen LogP contribution in [0.25, 0.3) is 10.9 Å². The molecule has 1 saturated heterocycles. The minimum Gasteiger partial charge on any atom is -0.369 e. The Hall–Kier alpha value is -2.64. The van der Waals surface area contributed by atoms with Crippen LogP contribution in [0.5, 0.6) is 0 Å². The quantitative estimate of drug-likeness (QED) is 0.428. The van der Waals surface area contributed by atoms with Crippen LogP contribution in [0.4, 0.5) is 11.4 Å². The number of amides is 1. The Labute approximate surface area is 193 Å². The number of carbonyl (C=O) groups is 1. The van der Waals surface area contributed by atoms with Crippen molar-refractivity contribution in [2.24, 2.45) is 0 Å². The Kier molecular flexibility index (Phi) is 6.28. The van der Waals surface area contributed by atoms with E-state index in [-0.39, 0.29) is 5.91 Å². The minimum atomic E-state index is -0.0185. The maximum absolute atomic E-state index is 12.6. The van der Waals surface area contributed by atoms with E-state index in [1.165, 1.54) is 17.4 Å². The molecule has 166 valence electrons. The molecular formula is C25H29N5OS. The molecule has 1 N–H and O–H groups in total. The monoisotopic (exact) mass is 447 g/mol. The van der Waals surface area contributed by atoms with E-state index in [0.29, 0.717) is 11.7 Å². The SMILES string of the molecule is CCN1CCN(c2ccc(NC(=O)CSc3nc(C4CC4)nc4ccccc34)cc2)CC1. The molecule has 2 aromatic carbocycles. The molecule has 3 aromatic rings. The molecule has 1 aliphatic heterocycles. The average molecular weight is 448 g/mol. The zero-order chi connectivity index (χ0) is 21.9. The summed E-state index contributed by atoms with van der Waals surface area (Å²) >= 11 is 1.49. The molecule has 7 heteroatoms. The van der Waals surface area contributed by atoms with Gasteiger partial charge in [-0.1, -0.05) is 36.9 Å². The fraction of sp³-hybridized carbons (Fsp3) is 0.400. The van der Waals surface area contributed by atoms with E-state index < -0.39 is 0 Å². The highest BCUT2D eigenvalue weighted by Crippen LogP contribution is 2.39. The first-order chi connectivity index (χ1) is 15.7. The third-order valence-electron chi connectivity index (χ3n) is 6.20. The van der Waals surface area contributed by atoms with Gasteiger partial charge in [-0.15, -0.1) is 0 Å². The van der Waals surface area contributed by atoms with Crippen molar-refractivity contribution >= 4 is 39.9 Å². The average Bonchev–Trinajstić information content (AvgIpc) is 3.69. The lowest BCUT2D eigenvalue weighted by atomic mass is 10.2. The van der Waals surface area contributed by atoms with Crippen molar-refractivity contribution in [1.29, 1.82) is 0 Å². The summed E-state index contributed by atoms with van der Waals surface area (Å²) < 4.78 is 0. The molecule has 2 aliphatic rings. The van der Waals surface area contributed by atoms with Crippen LogP contribution in [0.2, 0.25) is 0 Å². The van der Waals surface area contributed by atoms with Gasteiger partial charge in [-0.05, 0) is 49.7 Å². The van der Waals surface area contributed by atoms with Crippen molar-refractivity contribution in [2.75, 3.05) is 48.7 Å². The van der Waals surface area contributed by atoms with Crippen LogP contribution in [0.1, 0.15) is 31.5 Å². The molecule has 1 saturated carbocycles. The number of rotatable bonds is 7. The number of likely N-dealkylation sites (N-methyl/N-ethyl adjacent to an activating group) is 1. The number of carbonyl (C=O) groups excluding carboxylic acids is 1. The number of nitrogens with one attached hydrogen (secondary N) is 1. The van der Waals surface area contributed by atoms with Gasteiger partial charge in [0.25, 0.3) is 0 Å². The summed E-state index contributed by atoms with van der Waals surface area (Å²) in [6.45, 7) is 7.63. The summed E-state index contributed by atoms with van der Waals surface area (Å²) in [4.78, 5) is 27.0. The molecule has 0 unspecified atom stereocenters. The molecule has 5 rings (SSSR count). The van der Waals surface area contributed by atoms with Gasteiger partial charge in [0.15, 0.2) is 0 Å². The van der Waals surface area contributed by atoms with Crippen LogP contribution in [0.15, 0.2) is 53.6 Å². The fourth-order valence-electron chi connectivity index (χ4n) is 4.11. The van der Waals surface area contributed by atoms with Gasteiger partial charge >= 0.3 is 0 Å². The largest absolute Gasteiger partial charge is 0.369 e. The van der Waals surface area contributed by atoms with Gasteiger partial charge < -0.3 is 15.1 Å². The van der Waals surface area contributed by atoms with E-state index in [2.05, 4.69) is 34.2 Å². The highest BCUT2D eigenvalue weighted by Gasteiger charge is 2.27. The zero-order valence-electron chi connectivity index (χ0n) is 18.5. The molecule has 6 nitrogen and oxygen atoms in total. The van der Waals surface area contributed by atoms with Gasteiger partial charge in [0, 0.05) is 48.9 Å². The number of hydrogen-bond acceptors (Lipinski definition) is 6. The maximum atomic E-state index is 12.6. The van der Waals surface area contributed by atoms with E-state index in [1.807, 2.05) is 36.4 Å². The number of thioether (sulfide) groups is 1. The third-order valence-corrected chi connectivity index (χ3v) is 7.19. The zero-order valence-corrected chi connectivity index (χ0v) is 19.3. The highest BCUT2D eigenvalue weighted by atomic mass is 32.2. The lowest BCUT2D eigenvalue weighted by Crippen LogP contribution is -2.46. The van der Waals surface area contributed by atoms with Gasteiger partial charge in [-0.3, -0.25) is 4.79 Å². The van der Waals surface area contributed by atoms with E-state index in [4.69, 9.17) is 9.97 Å². The summed E-state index contributed by atoms with van der Waals surface area (Å²) in [6.07, 6.45) is 2.32. The van der Waals surface area contributed by atoms with Crippen molar-refractivity contribution in [1.82, 2.24) is 14.9 Å². The topological polar surface area (TPSA) is 61.4 Å². The first-order valence-electron chi connectivity index (χ1n) is 11.5. The Bertz CT molecular complexity index is 1090. The lowest BCUT2D eigenvalue weighted by Gasteiger charge is -2.35. The van der Waals surface area contributed by atoms with Gasteiger partial charge in [0.1, 0.15) is 10.9 Å². The molecule has 0 radical (unpaired) electrons. The van der Waals surface area contributed by atoms with Crippen molar-refractivity contribution in [3.05, 3.63) is 54.4 Å². The van der Waals surface area contributed by atoms with Crippen molar-refractivity contribution in [2.45, 2.75) is 30.7 Å². The second-order valence-corrected chi connectivity index (χ2v) is 9.45. The number of benzene rings is 2. The van der Waals surface area contributed by atoms with Crippen molar-refractivity contribution in [3.63, 3.8) is 0 Å². The third kappa shape index (κ3) is 4.89. The Morgan fingerprint density at radius 1 is 1.03 bits per heavy atom. The molecule has 0 atom stereocenters. The van der Waals surface area contributed by atoms with Gasteiger partial charge in [0.2, 0.25) is 5.91 Å². The molecule has 2 heterocycles. The van der Waals surface area contributed by atoms with E-state index in [9.17, 15) is 4.79 Å². The Morgan fingerprint density at radius 3 is 2.50 bits per heavy atom. The van der Waals surface area contributed by atoms with Crippen LogP contribution >= 0.6 is 11.8 Å². The van der Waals surface area contributed by atoms with Crippen LogP contribution in [0, 0.1) is 0 Å². The normalized spacial score (nSPS) is 17.0. The van der Waals surface area contributed by atoms with E-state index >= 15 is 0 Å². The first-order valence-corrected chi connectivity index (χ1v) is 12.4. The molecule has 32 heavy (non-hydrogen) atoms. The van der Waals surface area contributed by atoms with Crippen LogP contribution in [0.3, 0.4) is 0 Å². The molecule has 2 fully saturated rings. The second-order valence-electron chi connectivity index (χ2n) is 8.48. The number of anilines is 2. The molecule has 1 aromatic heterocycles. The predicted molar refractivity (Wildman–Crippen MR) is 132 cm³/mol. The van der Waals surface area contributed by atoms with Crippen LogP contribution in [-0.2, 0) is 4.79 Å². The minimum absolute atomic E-state index is 0.0185. The van der Waals surface area contributed by atoms with Crippen LogP contribution in [-0.4, -0.2) is 59.3 Å². The number of aromatic nitrogens is 2. The summed E-state index contributed by atoms with van der Waals surface area (Å²) in [5.41, 5.74) is 3.01. The van der Waals surface area contributed by atoms with E-state index in [0.717, 1.165) is 73.0 Å². The standard InChI is InChI=1S/C25H29N5OS/c1-2-29-13-15-30(16-14-29)20-11-9-19(10-12-20)26-23(31)17-32-25-21-5-3-4-6-22(21)27-24(28-25)18-7-8-18/h3-6,9-12,18H,2,7-8,13-17H2,1H3,(H,26,31). The number of piperazine rings is 1. The predicted octanol–water partition coefficient (Wildman–Crippen LogP) is 4.38. The van der Waals surface area contributed by atoms with Gasteiger partial charge in [0.05, 0.1) is 11.3 Å². The first kappa shape index (κ1) is 21.2. The van der Waals surface area contributed by atoms with Crippen LogP contribution < -0.4 is 10.2 Å². The van der Waals surface area contributed by atoms with Gasteiger partial charge in [-0.2, -0.15) is 0 Å². The lowest BCUT2D eigenvalue weighted by molar-refractivity contribution is -0.113.